The normalized spacial score (nSPS) is 18.7. The van der Waals surface area contributed by atoms with E-state index in [0.29, 0.717) is 12.8 Å². The van der Waals surface area contributed by atoms with Gasteiger partial charge in [-0.25, -0.2) is 9.24 Å². The van der Waals surface area contributed by atoms with E-state index in [4.69, 9.17) is 6.57 Å². The van der Waals surface area contributed by atoms with Gasteiger partial charge in [0.2, 0.25) is 5.69 Å². The Morgan fingerprint density at radius 3 is 2.78 bits per heavy atom. The minimum atomic E-state index is -0.794. The van der Waals surface area contributed by atoms with Crippen molar-refractivity contribution in [2.45, 2.75) is 18.4 Å². The molecule has 94 valence electrons. The molecule has 1 aromatic carbocycles. The predicted molar refractivity (Wildman–Crippen MR) is 68.7 cm³/mol. The second kappa shape index (κ2) is 5.30. The van der Waals surface area contributed by atoms with Crippen molar-refractivity contribution in [3.63, 3.8) is 0 Å². The molecule has 0 bridgehead atoms. The van der Waals surface area contributed by atoms with E-state index < -0.39 is 11.4 Å². The van der Waals surface area contributed by atoms with E-state index in [1.807, 2.05) is 0 Å². The highest BCUT2D eigenvalue weighted by molar-refractivity contribution is 5.59. The van der Waals surface area contributed by atoms with Gasteiger partial charge in [0.15, 0.2) is 0 Å². The molecule has 0 aromatic heterocycles. The maximum absolute atomic E-state index is 13.1. The zero-order chi connectivity index (χ0) is 13.0. The Hall–Kier alpha value is -1.70. The van der Waals surface area contributed by atoms with E-state index in [0.717, 1.165) is 18.7 Å². The van der Waals surface area contributed by atoms with Crippen molar-refractivity contribution in [3.05, 3.63) is 47.1 Å². The lowest BCUT2D eigenvalue weighted by Crippen LogP contribution is -2.40. The van der Waals surface area contributed by atoms with Crippen molar-refractivity contribution in [2.75, 3.05) is 13.1 Å². The summed E-state index contributed by atoms with van der Waals surface area (Å²) in [7, 11) is 0. The lowest BCUT2D eigenvalue weighted by molar-refractivity contribution is 0.0590. The Labute approximate surface area is 106 Å². The van der Waals surface area contributed by atoms with Crippen LogP contribution in [0.3, 0.4) is 0 Å². The number of piperidine rings is 1. The standard InChI is InChI=1S/C14H15FN2O/c1-16-13-10-11(2-3-12(13)15)4-5-14(18)6-8-17-9-7-14/h2-5,10,17-18H,6-9H2/b5-4+. The Kier molecular flexibility index (Phi) is 3.75. The molecule has 3 nitrogen and oxygen atoms in total. The van der Waals surface area contributed by atoms with E-state index in [1.165, 1.54) is 12.1 Å². The molecule has 4 heteroatoms. The van der Waals surface area contributed by atoms with Crippen LogP contribution in [0.2, 0.25) is 0 Å². The monoisotopic (exact) mass is 246 g/mol. The first-order valence-electron chi connectivity index (χ1n) is 5.92. The van der Waals surface area contributed by atoms with Crippen LogP contribution >= 0.6 is 0 Å². The summed E-state index contributed by atoms with van der Waals surface area (Å²) >= 11 is 0. The fourth-order valence-corrected chi connectivity index (χ4v) is 2.00. The van der Waals surface area contributed by atoms with Crippen LogP contribution in [0.4, 0.5) is 10.1 Å². The Bertz CT molecular complexity index is 499. The largest absolute Gasteiger partial charge is 0.386 e. The highest BCUT2D eigenvalue weighted by Crippen LogP contribution is 2.23. The van der Waals surface area contributed by atoms with Gasteiger partial charge in [-0.3, -0.25) is 0 Å². The molecule has 2 N–H and O–H groups in total. The maximum atomic E-state index is 13.1. The maximum Gasteiger partial charge on any atom is 0.222 e. The van der Waals surface area contributed by atoms with Gasteiger partial charge in [-0.2, -0.15) is 0 Å². The highest BCUT2D eigenvalue weighted by Gasteiger charge is 2.25. The molecule has 1 saturated heterocycles. The molecule has 0 aliphatic carbocycles. The number of aliphatic hydroxyl groups is 1. The number of hydrogen-bond donors (Lipinski definition) is 2. The molecule has 1 fully saturated rings. The molecule has 0 saturated carbocycles. The zero-order valence-corrected chi connectivity index (χ0v) is 9.99. The van der Waals surface area contributed by atoms with Gasteiger partial charge in [0.25, 0.3) is 0 Å². The average molecular weight is 246 g/mol. The average Bonchev–Trinajstić information content (AvgIpc) is 2.39. The smallest absolute Gasteiger partial charge is 0.222 e. The van der Waals surface area contributed by atoms with Crippen LogP contribution in [0.1, 0.15) is 18.4 Å². The van der Waals surface area contributed by atoms with Crippen LogP contribution in [0.15, 0.2) is 24.3 Å². The molecule has 0 spiro atoms. The van der Waals surface area contributed by atoms with Crippen molar-refractivity contribution in [1.29, 1.82) is 0 Å². The molecule has 1 aromatic rings. The molecular weight excluding hydrogens is 231 g/mol. The van der Waals surface area contributed by atoms with E-state index in [1.54, 1.807) is 18.2 Å². The summed E-state index contributed by atoms with van der Waals surface area (Å²) in [5, 5.41) is 13.4. The molecule has 0 radical (unpaired) electrons. The number of benzene rings is 1. The molecule has 2 rings (SSSR count). The van der Waals surface area contributed by atoms with Crippen molar-refractivity contribution in [3.8, 4) is 0 Å². The van der Waals surface area contributed by atoms with Crippen molar-refractivity contribution in [1.82, 2.24) is 5.32 Å². The van der Waals surface area contributed by atoms with Crippen LogP contribution in [0.5, 0.6) is 0 Å². The first-order chi connectivity index (χ1) is 8.63. The quantitative estimate of drug-likeness (QED) is 0.787. The van der Waals surface area contributed by atoms with E-state index in [2.05, 4.69) is 10.2 Å². The molecule has 18 heavy (non-hydrogen) atoms. The lowest BCUT2D eigenvalue weighted by Gasteiger charge is -2.29. The second-order valence-corrected chi connectivity index (χ2v) is 4.51. The minimum Gasteiger partial charge on any atom is -0.386 e. The predicted octanol–water partition coefficient (Wildman–Crippen LogP) is 2.50. The molecular formula is C14H15FN2O. The molecule has 1 aliphatic heterocycles. The van der Waals surface area contributed by atoms with Crippen molar-refractivity contribution >= 4 is 11.8 Å². The molecule has 1 heterocycles. The Balaban J connectivity index is 2.16. The van der Waals surface area contributed by atoms with Crippen LogP contribution in [0.25, 0.3) is 10.9 Å². The van der Waals surface area contributed by atoms with Crippen LogP contribution in [-0.2, 0) is 0 Å². The van der Waals surface area contributed by atoms with Gasteiger partial charge in [-0.15, -0.1) is 0 Å². The lowest BCUT2D eigenvalue weighted by atomic mass is 9.91. The molecule has 0 amide bonds. The molecule has 0 atom stereocenters. The summed E-state index contributed by atoms with van der Waals surface area (Å²) in [5.41, 5.74) is -0.0541. The van der Waals surface area contributed by atoms with Gasteiger partial charge in [-0.05, 0) is 43.6 Å². The van der Waals surface area contributed by atoms with Crippen LogP contribution in [0, 0.1) is 12.4 Å². The van der Waals surface area contributed by atoms with E-state index >= 15 is 0 Å². The van der Waals surface area contributed by atoms with Gasteiger partial charge in [0, 0.05) is 0 Å². The zero-order valence-electron chi connectivity index (χ0n) is 9.99. The molecule has 0 unspecified atom stereocenters. The van der Waals surface area contributed by atoms with Crippen LogP contribution in [-0.4, -0.2) is 23.8 Å². The summed E-state index contributed by atoms with van der Waals surface area (Å²) < 4.78 is 13.1. The topological polar surface area (TPSA) is 36.6 Å². The SMILES string of the molecule is [C-]#[N+]c1cc(/C=C/C2(O)CCNCC2)ccc1F. The summed E-state index contributed by atoms with van der Waals surface area (Å²) in [4.78, 5) is 3.11. The van der Waals surface area contributed by atoms with Crippen LogP contribution < -0.4 is 5.32 Å². The van der Waals surface area contributed by atoms with E-state index in [9.17, 15) is 9.50 Å². The third-order valence-corrected chi connectivity index (χ3v) is 3.15. The van der Waals surface area contributed by atoms with Gasteiger partial charge >= 0.3 is 0 Å². The fraction of sp³-hybridized carbons (Fsp3) is 0.357. The summed E-state index contributed by atoms with van der Waals surface area (Å²) in [5.74, 6) is -0.511. The Morgan fingerprint density at radius 2 is 2.11 bits per heavy atom. The fourth-order valence-electron chi connectivity index (χ4n) is 2.00. The number of hydrogen-bond acceptors (Lipinski definition) is 2. The third kappa shape index (κ3) is 2.95. The first kappa shape index (κ1) is 12.7. The van der Waals surface area contributed by atoms with E-state index in [-0.39, 0.29) is 5.69 Å². The van der Waals surface area contributed by atoms with Gasteiger partial charge in [0.05, 0.1) is 12.2 Å². The van der Waals surface area contributed by atoms with Gasteiger partial charge in [0.1, 0.15) is 5.82 Å². The van der Waals surface area contributed by atoms with Gasteiger partial charge in [-0.1, -0.05) is 18.2 Å². The number of nitrogens with zero attached hydrogens (tertiary/aromatic N) is 1. The number of rotatable bonds is 2. The number of halogens is 1. The summed E-state index contributed by atoms with van der Waals surface area (Å²) in [6, 6.07) is 4.37. The summed E-state index contributed by atoms with van der Waals surface area (Å²) in [6.45, 7) is 8.43. The Morgan fingerprint density at radius 1 is 1.39 bits per heavy atom. The number of nitrogens with one attached hydrogen (secondary N) is 1. The highest BCUT2D eigenvalue weighted by atomic mass is 19.1. The van der Waals surface area contributed by atoms with Crippen molar-refractivity contribution in [2.24, 2.45) is 0 Å². The third-order valence-electron chi connectivity index (χ3n) is 3.15. The molecule has 1 aliphatic rings. The first-order valence-corrected chi connectivity index (χ1v) is 5.92. The van der Waals surface area contributed by atoms with Gasteiger partial charge < -0.3 is 10.4 Å². The summed E-state index contributed by atoms with van der Waals surface area (Å²) in [6.07, 6.45) is 4.83. The second-order valence-electron chi connectivity index (χ2n) is 4.51. The minimum absolute atomic E-state index is 0.00875. The van der Waals surface area contributed by atoms with Crippen molar-refractivity contribution < 1.29 is 9.50 Å².